The van der Waals surface area contributed by atoms with E-state index in [-0.39, 0.29) is 128 Å². The minimum atomic E-state index is -0.154. The molecule has 0 atom stereocenters. The van der Waals surface area contributed by atoms with E-state index >= 15 is 0 Å². The highest BCUT2D eigenvalue weighted by Crippen LogP contribution is 2.23. The van der Waals surface area contributed by atoms with Crippen LogP contribution in [0.5, 0.6) is 0 Å². The molecule has 3 aliphatic rings. The number of rotatable bonds is 17. The zero-order valence-electron chi connectivity index (χ0n) is 67.5. The second-order valence-corrected chi connectivity index (χ2v) is 29.3. The molecular weight excluding hydrogens is 1280 g/mol. The Bertz CT molecular complexity index is 2230. The summed E-state index contributed by atoms with van der Waals surface area (Å²) in [6.07, 6.45) is 17.5. The fourth-order valence-electron chi connectivity index (χ4n) is 8.72. The zero-order valence-corrected chi connectivity index (χ0v) is 67.5. The van der Waals surface area contributed by atoms with Crippen molar-refractivity contribution in [1.29, 1.82) is 0 Å². The van der Waals surface area contributed by atoms with Crippen molar-refractivity contribution in [3.63, 3.8) is 0 Å². The maximum absolute atomic E-state index is 11.3. The first kappa shape index (κ1) is 105. The number of urea groups is 9. The summed E-state index contributed by atoms with van der Waals surface area (Å²) < 4.78 is 0. The zero-order chi connectivity index (χ0) is 77.9. The van der Waals surface area contributed by atoms with E-state index in [1.807, 2.05) is 197 Å². The first-order valence-electron chi connectivity index (χ1n) is 36.9. The predicted molar refractivity (Wildman–Crippen MR) is 421 cm³/mol. The third-order valence-corrected chi connectivity index (χ3v) is 12.9. The second-order valence-electron chi connectivity index (χ2n) is 29.3. The Balaban J connectivity index is -0.000000253. The van der Waals surface area contributed by atoms with Crippen molar-refractivity contribution in [2.75, 3.05) is 34.2 Å². The van der Waals surface area contributed by atoms with Crippen molar-refractivity contribution in [2.45, 2.75) is 348 Å². The molecule has 1 aromatic carbocycles. The molecule has 18 amide bonds. The molecule has 3 aliphatic carbocycles. The van der Waals surface area contributed by atoms with Gasteiger partial charge in [0.15, 0.2) is 0 Å². The number of amides is 18. The number of nitrogens with one attached hydrogen (secondary N) is 17. The van der Waals surface area contributed by atoms with Crippen molar-refractivity contribution in [2.24, 2.45) is 5.92 Å². The summed E-state index contributed by atoms with van der Waals surface area (Å²) in [5.41, 5.74) is 0.949. The van der Waals surface area contributed by atoms with Crippen LogP contribution in [0.2, 0.25) is 0 Å². The molecule has 0 unspecified atom stereocenters. The van der Waals surface area contributed by atoms with Crippen LogP contribution in [0, 0.1) is 5.92 Å². The Morgan fingerprint density at radius 3 is 0.990 bits per heavy atom. The van der Waals surface area contributed by atoms with Gasteiger partial charge in [-0.05, 0) is 216 Å². The fraction of sp³-hybridized carbons (Fsp3) is 0.797. The summed E-state index contributed by atoms with van der Waals surface area (Å²) in [5.74, 6) is 0.710. The number of carbonyl (C=O) groups excluding carboxylic acids is 9. The van der Waals surface area contributed by atoms with Crippen molar-refractivity contribution in [3.05, 3.63) is 35.9 Å². The quantitative estimate of drug-likeness (QED) is 0.0704. The Kier molecular flexibility index (Phi) is 67.1. The van der Waals surface area contributed by atoms with Gasteiger partial charge in [0.25, 0.3) is 0 Å². The van der Waals surface area contributed by atoms with E-state index in [0.717, 1.165) is 37.8 Å². The molecule has 0 aromatic heterocycles. The predicted octanol–water partition coefficient (Wildman–Crippen LogP) is 12.8. The van der Waals surface area contributed by atoms with Crippen LogP contribution >= 0.6 is 0 Å². The van der Waals surface area contributed by atoms with Crippen LogP contribution in [0.1, 0.15) is 269 Å². The fourth-order valence-corrected chi connectivity index (χ4v) is 8.72. The Morgan fingerprint density at radius 2 is 0.683 bits per heavy atom. The lowest BCUT2D eigenvalue weighted by atomic mass is 9.89. The molecule has 3 fully saturated rings. The summed E-state index contributed by atoms with van der Waals surface area (Å²) in [5, 5.41) is 47.1. The van der Waals surface area contributed by atoms with Gasteiger partial charge in [0, 0.05) is 119 Å². The molecule has 101 heavy (non-hydrogen) atoms. The maximum atomic E-state index is 11.3. The summed E-state index contributed by atoms with van der Waals surface area (Å²) in [7, 11) is 5.03. The minimum Gasteiger partial charge on any atom is -0.341 e. The van der Waals surface area contributed by atoms with E-state index in [0.29, 0.717) is 31.1 Å². The van der Waals surface area contributed by atoms with Crippen LogP contribution in [0.15, 0.2) is 30.3 Å². The van der Waals surface area contributed by atoms with Gasteiger partial charge in [0.05, 0.1) is 0 Å². The molecule has 0 spiro atoms. The molecule has 0 saturated heterocycles. The Hall–Kier alpha value is -7.35. The number of hydrogen-bond donors (Lipinski definition) is 17. The molecule has 27 heteroatoms. The van der Waals surface area contributed by atoms with Crippen LogP contribution in [0.25, 0.3) is 0 Å². The van der Waals surface area contributed by atoms with Gasteiger partial charge in [-0.15, -0.1) is 0 Å². The van der Waals surface area contributed by atoms with E-state index in [1.54, 1.807) is 21.1 Å². The van der Waals surface area contributed by atoms with Gasteiger partial charge in [0.2, 0.25) is 0 Å². The first-order valence-corrected chi connectivity index (χ1v) is 36.9. The van der Waals surface area contributed by atoms with Crippen molar-refractivity contribution in [3.8, 4) is 0 Å². The van der Waals surface area contributed by atoms with Gasteiger partial charge in [-0.25, -0.2) is 43.2 Å². The topological polar surface area (TPSA) is 361 Å². The van der Waals surface area contributed by atoms with Gasteiger partial charge in [-0.3, -0.25) is 0 Å². The monoisotopic (exact) mass is 1440 g/mol. The molecule has 17 N–H and O–H groups in total. The normalized spacial score (nSPS) is 13.1. The number of benzene rings is 1. The molecule has 0 aliphatic heterocycles. The highest BCUT2D eigenvalue weighted by molar-refractivity contribution is 5.77. The molecule has 0 radical (unpaired) electrons. The largest absolute Gasteiger partial charge is 0.341 e. The van der Waals surface area contributed by atoms with Crippen LogP contribution in [-0.4, -0.2) is 171 Å². The van der Waals surface area contributed by atoms with Gasteiger partial charge in [-0.1, -0.05) is 89.1 Å². The third kappa shape index (κ3) is 83.2. The average Bonchev–Trinajstić information content (AvgIpc) is 1.81. The lowest BCUT2D eigenvalue weighted by Gasteiger charge is -2.23. The van der Waals surface area contributed by atoms with Crippen molar-refractivity contribution >= 4 is 54.3 Å². The van der Waals surface area contributed by atoms with Crippen molar-refractivity contribution in [1.82, 2.24) is 95.3 Å². The summed E-state index contributed by atoms with van der Waals surface area (Å²) in [6, 6.07) is 12.2. The molecular formula is C74H154N18O9. The number of nitrogens with zero attached hydrogens (tertiary/aromatic N) is 1. The SMILES string of the molecule is C.CC(C)NC(=O)N(C)C.CC(C)NC(=O)NC(C)(C)C.CC(C)NC(=O)NC(C)C.CC(C)NC(=O)NC1CCCC1.CC(C)NC(=O)NC1CCCCC1.CC(C)NC(=O)NCC1CCCCC1.CC(C)NC(=O)NCc1ccccc1.CCNC(=O)NC(C)C.CNC(=O)NC(C)C. The molecule has 3 saturated carbocycles. The molecule has 594 valence electrons. The van der Waals surface area contributed by atoms with Crippen LogP contribution in [0.3, 0.4) is 0 Å². The Morgan fingerprint density at radius 1 is 0.386 bits per heavy atom. The van der Waals surface area contributed by atoms with E-state index < -0.39 is 0 Å². The number of carbonyl (C=O) groups is 9. The number of hydrogen-bond acceptors (Lipinski definition) is 9. The maximum Gasteiger partial charge on any atom is 0.317 e. The van der Waals surface area contributed by atoms with Crippen LogP contribution in [0.4, 0.5) is 43.2 Å². The molecule has 0 bridgehead atoms. The van der Waals surface area contributed by atoms with Gasteiger partial charge < -0.3 is 95.3 Å². The van der Waals surface area contributed by atoms with E-state index in [1.165, 1.54) is 69.1 Å². The van der Waals surface area contributed by atoms with Crippen molar-refractivity contribution < 1.29 is 43.2 Å². The molecule has 0 heterocycles. The van der Waals surface area contributed by atoms with E-state index in [9.17, 15) is 43.2 Å². The lowest BCUT2D eigenvalue weighted by molar-refractivity contribution is 0.214. The minimum absolute atomic E-state index is 0. The highest BCUT2D eigenvalue weighted by Gasteiger charge is 2.19. The Labute approximate surface area is 614 Å². The third-order valence-electron chi connectivity index (χ3n) is 12.9. The summed E-state index contributed by atoms with van der Waals surface area (Å²) in [6.45, 7) is 48.7. The average molecular weight is 1440 g/mol. The van der Waals surface area contributed by atoms with E-state index in [4.69, 9.17) is 0 Å². The van der Waals surface area contributed by atoms with Gasteiger partial charge >= 0.3 is 54.3 Å². The van der Waals surface area contributed by atoms with Crippen LogP contribution < -0.4 is 90.4 Å². The van der Waals surface area contributed by atoms with Gasteiger partial charge in [0.1, 0.15) is 0 Å². The summed E-state index contributed by atoms with van der Waals surface area (Å²) in [4.78, 5) is 100. The first-order chi connectivity index (χ1) is 46.4. The highest BCUT2D eigenvalue weighted by atomic mass is 16.2. The second kappa shape index (κ2) is 64.7. The molecule has 27 nitrogen and oxygen atoms in total. The van der Waals surface area contributed by atoms with Gasteiger partial charge in [-0.2, -0.15) is 0 Å². The molecule has 4 rings (SSSR count). The lowest BCUT2D eigenvalue weighted by Crippen LogP contribution is -2.48. The molecule has 1 aromatic rings. The standard InChI is InChI=1S/C11H22N2O.C11H16N2O.C10H20N2O.C9H18N2O.C8H18N2O.C7H16N2O.2C6H14N2O.C5H12N2O.CH4/c2*1-9(2)13-11(14)12-8-10-6-4-3-5-7-10;1-8(2)11-10(13)12-9-6-4-3-5-7-9;1-7(2)10-9(12)11-8-5-3-4-6-8;1-6(2)9-7(11)10-8(3,4)5;1-5(2)8-7(10)9-6(3)4;1-5(2)7-6(9)8(3)4;1-4-7-6(9)8-5(2)3;1-4(2)7-5(8)6-3;/h9-10H,3-8H2,1-2H3,(H2,12,13,14);3-7,9H,8H2,1-2H3,(H2,12,13,14);8-9H,3-7H2,1-2H3,(H2,11,12,13);7-8H,3-6H2,1-2H3,(H2,10,11,12);6H,1-5H3,(H2,9,10,11);5-6H,1-4H3,(H2,8,9,10);5H,1-4H3,(H,7,9);5H,4H2,1-3H3,(H2,7,8,9);4H,1-3H3,(H2,6,7,8);1H4. The smallest absolute Gasteiger partial charge is 0.317 e. The van der Waals surface area contributed by atoms with Crippen LogP contribution in [-0.2, 0) is 6.54 Å². The summed E-state index contributed by atoms with van der Waals surface area (Å²) >= 11 is 0. The van der Waals surface area contributed by atoms with E-state index in [2.05, 4.69) is 90.4 Å².